The van der Waals surface area contributed by atoms with Crippen LogP contribution in [0.2, 0.25) is 0 Å². The van der Waals surface area contributed by atoms with Crippen LogP contribution in [-0.2, 0) is 12.6 Å². The van der Waals surface area contributed by atoms with Gasteiger partial charge in [-0.2, -0.15) is 18.4 Å². The highest BCUT2D eigenvalue weighted by Crippen LogP contribution is 2.34. The van der Waals surface area contributed by atoms with Crippen molar-refractivity contribution in [1.82, 2.24) is 0 Å². The smallest absolute Gasteiger partial charge is 0.356 e. The van der Waals surface area contributed by atoms with Crippen molar-refractivity contribution in [2.75, 3.05) is 5.32 Å². The van der Waals surface area contributed by atoms with E-state index in [0.29, 0.717) is 11.4 Å². The first-order chi connectivity index (χ1) is 9.94. The van der Waals surface area contributed by atoms with Crippen molar-refractivity contribution in [1.29, 1.82) is 5.26 Å². The molecule has 0 radical (unpaired) electrons. The molecular weight excluding hydrogens is 277 g/mol. The van der Waals surface area contributed by atoms with Crippen molar-refractivity contribution in [3.63, 3.8) is 0 Å². The Kier molecular flexibility index (Phi) is 4.18. The zero-order chi connectivity index (χ0) is 15.5. The number of nitriles is 1. The molecule has 0 fully saturated rings. The van der Waals surface area contributed by atoms with Crippen molar-refractivity contribution in [2.24, 2.45) is 0 Å². The van der Waals surface area contributed by atoms with E-state index >= 15 is 0 Å². The summed E-state index contributed by atoms with van der Waals surface area (Å²) in [5.41, 5.74) is 0.835. The molecule has 0 atom stereocenters. The maximum absolute atomic E-state index is 12.9. The van der Waals surface area contributed by atoms with Gasteiger partial charge in [0.05, 0.1) is 17.2 Å². The van der Waals surface area contributed by atoms with Gasteiger partial charge in [0.25, 0.3) is 0 Å². The number of aryl methyl sites for hydroxylation is 1. The molecule has 0 amide bonds. The zero-order valence-corrected chi connectivity index (χ0v) is 11.3. The Balaban J connectivity index is 2.30. The molecule has 0 aliphatic rings. The van der Waals surface area contributed by atoms with Crippen LogP contribution in [0.4, 0.5) is 24.5 Å². The number of nitrogens with one attached hydrogen (secondary N) is 1. The molecule has 0 saturated carbocycles. The third kappa shape index (κ3) is 3.54. The van der Waals surface area contributed by atoms with Crippen LogP contribution in [0.3, 0.4) is 0 Å². The number of alkyl halides is 3. The van der Waals surface area contributed by atoms with Crippen LogP contribution in [-0.4, -0.2) is 0 Å². The molecule has 1 N–H and O–H groups in total. The normalized spacial score (nSPS) is 11.0. The molecule has 0 aliphatic carbocycles. The van der Waals surface area contributed by atoms with Gasteiger partial charge in [-0.1, -0.05) is 19.1 Å². The Morgan fingerprint density at radius 3 is 2.19 bits per heavy atom. The molecule has 5 heteroatoms. The second-order valence-electron chi connectivity index (χ2n) is 4.55. The van der Waals surface area contributed by atoms with E-state index in [2.05, 4.69) is 5.32 Å². The van der Waals surface area contributed by atoms with Crippen LogP contribution in [0.1, 0.15) is 23.6 Å². The molecule has 0 aliphatic heterocycles. The van der Waals surface area contributed by atoms with Crippen LogP contribution < -0.4 is 5.32 Å². The van der Waals surface area contributed by atoms with Gasteiger partial charge in [-0.3, -0.25) is 0 Å². The predicted molar refractivity (Wildman–Crippen MR) is 75.3 cm³/mol. The van der Waals surface area contributed by atoms with E-state index in [4.69, 9.17) is 5.26 Å². The molecule has 21 heavy (non-hydrogen) atoms. The van der Waals surface area contributed by atoms with E-state index in [9.17, 15) is 13.2 Å². The third-order valence-electron chi connectivity index (χ3n) is 3.10. The molecule has 0 heterocycles. The summed E-state index contributed by atoms with van der Waals surface area (Å²) in [6, 6.07) is 12.6. The van der Waals surface area contributed by atoms with Crippen LogP contribution in [0.25, 0.3) is 0 Å². The summed E-state index contributed by atoms with van der Waals surface area (Å²) in [4.78, 5) is 0. The number of halogens is 3. The Hall–Kier alpha value is -2.48. The number of nitrogens with zero attached hydrogens (tertiary/aromatic N) is 1. The minimum Gasteiger partial charge on any atom is -0.356 e. The van der Waals surface area contributed by atoms with Crippen LogP contribution >= 0.6 is 0 Å². The average molecular weight is 290 g/mol. The van der Waals surface area contributed by atoms with Gasteiger partial charge in [0.1, 0.15) is 0 Å². The lowest BCUT2D eigenvalue weighted by Gasteiger charge is -2.12. The van der Waals surface area contributed by atoms with Gasteiger partial charge in [0, 0.05) is 11.4 Å². The molecule has 0 bridgehead atoms. The summed E-state index contributed by atoms with van der Waals surface area (Å²) >= 11 is 0. The lowest BCUT2D eigenvalue weighted by molar-refractivity contribution is -0.137. The Morgan fingerprint density at radius 2 is 1.67 bits per heavy atom. The highest BCUT2D eigenvalue weighted by Gasteiger charge is 2.33. The van der Waals surface area contributed by atoms with Crippen molar-refractivity contribution < 1.29 is 13.2 Å². The van der Waals surface area contributed by atoms with E-state index < -0.39 is 11.7 Å². The average Bonchev–Trinajstić information content (AvgIpc) is 2.47. The van der Waals surface area contributed by atoms with Crippen molar-refractivity contribution >= 4 is 11.4 Å². The lowest BCUT2D eigenvalue weighted by Crippen LogP contribution is -2.08. The maximum Gasteiger partial charge on any atom is 0.417 e. The van der Waals surface area contributed by atoms with E-state index in [0.717, 1.165) is 18.1 Å². The van der Waals surface area contributed by atoms with E-state index in [-0.39, 0.29) is 5.56 Å². The topological polar surface area (TPSA) is 35.8 Å². The fraction of sp³-hybridized carbons (Fsp3) is 0.188. The molecule has 2 nitrogen and oxygen atoms in total. The highest BCUT2D eigenvalue weighted by atomic mass is 19.4. The Labute approximate surface area is 120 Å². The lowest BCUT2D eigenvalue weighted by atomic mass is 10.1. The highest BCUT2D eigenvalue weighted by molar-refractivity contribution is 5.62. The van der Waals surface area contributed by atoms with Gasteiger partial charge >= 0.3 is 6.18 Å². The van der Waals surface area contributed by atoms with Crippen LogP contribution in [0.15, 0.2) is 42.5 Å². The first kappa shape index (κ1) is 14.9. The van der Waals surface area contributed by atoms with E-state index in [1.54, 1.807) is 6.07 Å². The molecule has 0 aromatic heterocycles. The number of anilines is 2. The van der Waals surface area contributed by atoms with Gasteiger partial charge in [-0.25, -0.2) is 0 Å². The minimum absolute atomic E-state index is 0.297. The molecule has 0 saturated heterocycles. The standard InChI is InChI=1S/C16H13F3N2/c1-2-11-3-6-13(7-4-11)21-14-8-5-12(10-20)15(9-14)16(17,18)19/h3-9,21H,2H2,1H3. The van der Waals surface area contributed by atoms with Crippen LogP contribution in [0.5, 0.6) is 0 Å². The fourth-order valence-corrected chi connectivity index (χ4v) is 1.94. The Morgan fingerprint density at radius 1 is 1.05 bits per heavy atom. The zero-order valence-electron chi connectivity index (χ0n) is 11.3. The molecule has 108 valence electrons. The summed E-state index contributed by atoms with van der Waals surface area (Å²) in [6.07, 6.45) is -3.65. The molecule has 2 rings (SSSR count). The number of hydrogen-bond donors (Lipinski definition) is 1. The predicted octanol–water partition coefficient (Wildman–Crippen LogP) is 4.88. The third-order valence-corrected chi connectivity index (χ3v) is 3.10. The SMILES string of the molecule is CCc1ccc(Nc2ccc(C#N)c(C(F)(F)F)c2)cc1. The summed E-state index contributed by atoms with van der Waals surface area (Å²) in [7, 11) is 0. The number of rotatable bonds is 3. The maximum atomic E-state index is 12.9. The first-order valence-corrected chi connectivity index (χ1v) is 6.41. The van der Waals surface area contributed by atoms with Crippen LogP contribution in [0, 0.1) is 11.3 Å². The van der Waals surface area contributed by atoms with Gasteiger partial charge in [-0.15, -0.1) is 0 Å². The van der Waals surface area contributed by atoms with Crippen molar-refractivity contribution in [3.05, 3.63) is 59.2 Å². The van der Waals surface area contributed by atoms with E-state index in [1.165, 1.54) is 12.1 Å². The fourth-order valence-electron chi connectivity index (χ4n) is 1.94. The van der Waals surface area contributed by atoms with E-state index in [1.807, 2.05) is 31.2 Å². The van der Waals surface area contributed by atoms with Crippen molar-refractivity contribution in [3.8, 4) is 6.07 Å². The second kappa shape index (κ2) is 5.88. The summed E-state index contributed by atoms with van der Waals surface area (Å²) in [5, 5.41) is 11.7. The molecule has 2 aromatic carbocycles. The Bertz CT molecular complexity index is 667. The molecule has 0 spiro atoms. The summed E-state index contributed by atoms with van der Waals surface area (Å²) in [5.74, 6) is 0. The second-order valence-corrected chi connectivity index (χ2v) is 4.55. The molecule has 2 aromatic rings. The van der Waals surface area contributed by atoms with Gasteiger partial charge in [0.2, 0.25) is 0 Å². The van der Waals surface area contributed by atoms with Gasteiger partial charge in [0.15, 0.2) is 0 Å². The molecular formula is C16H13F3N2. The summed E-state index contributed by atoms with van der Waals surface area (Å²) in [6.45, 7) is 2.03. The van der Waals surface area contributed by atoms with Gasteiger partial charge in [-0.05, 0) is 42.3 Å². The quantitative estimate of drug-likeness (QED) is 0.874. The number of benzene rings is 2. The van der Waals surface area contributed by atoms with Gasteiger partial charge < -0.3 is 5.32 Å². The van der Waals surface area contributed by atoms with Crippen molar-refractivity contribution in [2.45, 2.75) is 19.5 Å². The minimum atomic E-state index is -4.55. The summed E-state index contributed by atoms with van der Waals surface area (Å²) < 4.78 is 38.6. The molecule has 0 unspecified atom stereocenters. The monoisotopic (exact) mass is 290 g/mol. The largest absolute Gasteiger partial charge is 0.417 e. The number of hydrogen-bond acceptors (Lipinski definition) is 2. The first-order valence-electron chi connectivity index (χ1n) is 6.41.